The van der Waals surface area contributed by atoms with Crippen LogP contribution in [0.15, 0.2) is 28.7 Å². The molecule has 1 aliphatic rings. The molecule has 6 heteroatoms. The number of likely N-dealkylation sites (tertiary alicyclic amines) is 1. The maximum absolute atomic E-state index is 13.7. The third-order valence-electron chi connectivity index (χ3n) is 4.38. The van der Waals surface area contributed by atoms with Crippen molar-refractivity contribution in [3.8, 4) is 0 Å². The SMILES string of the molecule is CC(C)C(=O)N1CCC(Nc2ccc3cc(Br)c(F)cc3n2)CC1. The van der Waals surface area contributed by atoms with E-state index in [1.54, 1.807) is 6.07 Å². The van der Waals surface area contributed by atoms with E-state index in [0.717, 1.165) is 37.1 Å². The number of halogens is 2. The van der Waals surface area contributed by atoms with Gasteiger partial charge in [0.15, 0.2) is 0 Å². The summed E-state index contributed by atoms with van der Waals surface area (Å²) < 4.78 is 14.1. The Balaban J connectivity index is 1.66. The first-order valence-electron chi connectivity index (χ1n) is 8.25. The van der Waals surface area contributed by atoms with E-state index >= 15 is 0 Å². The number of piperidine rings is 1. The second kappa shape index (κ2) is 7.05. The van der Waals surface area contributed by atoms with Gasteiger partial charge in [0.05, 0.1) is 9.99 Å². The number of anilines is 1. The monoisotopic (exact) mass is 393 g/mol. The minimum Gasteiger partial charge on any atom is -0.367 e. The molecule has 0 atom stereocenters. The summed E-state index contributed by atoms with van der Waals surface area (Å²) in [5.41, 5.74) is 0.633. The number of hydrogen-bond acceptors (Lipinski definition) is 3. The van der Waals surface area contributed by atoms with Gasteiger partial charge in [0, 0.05) is 36.5 Å². The Kier molecular flexibility index (Phi) is 5.04. The Morgan fingerprint density at radius 1 is 1.33 bits per heavy atom. The Labute approximate surface area is 149 Å². The summed E-state index contributed by atoms with van der Waals surface area (Å²) in [5, 5.41) is 4.31. The topological polar surface area (TPSA) is 45.2 Å². The number of benzene rings is 1. The Morgan fingerprint density at radius 2 is 2.04 bits per heavy atom. The van der Waals surface area contributed by atoms with E-state index < -0.39 is 0 Å². The van der Waals surface area contributed by atoms with E-state index in [9.17, 15) is 9.18 Å². The molecule has 24 heavy (non-hydrogen) atoms. The minimum atomic E-state index is -0.312. The van der Waals surface area contributed by atoms with Crippen LogP contribution in [0.5, 0.6) is 0 Å². The summed E-state index contributed by atoms with van der Waals surface area (Å²) in [6, 6.07) is 7.31. The summed E-state index contributed by atoms with van der Waals surface area (Å²) in [6.45, 7) is 5.40. The zero-order valence-electron chi connectivity index (χ0n) is 13.9. The minimum absolute atomic E-state index is 0.0471. The lowest BCUT2D eigenvalue weighted by Crippen LogP contribution is -2.44. The average Bonchev–Trinajstić information content (AvgIpc) is 2.56. The first kappa shape index (κ1) is 17.1. The predicted molar refractivity (Wildman–Crippen MR) is 97.5 cm³/mol. The van der Waals surface area contributed by atoms with E-state index in [-0.39, 0.29) is 23.7 Å². The largest absolute Gasteiger partial charge is 0.367 e. The first-order valence-corrected chi connectivity index (χ1v) is 9.04. The van der Waals surface area contributed by atoms with E-state index in [0.29, 0.717) is 9.99 Å². The Morgan fingerprint density at radius 3 is 2.71 bits per heavy atom. The van der Waals surface area contributed by atoms with Crippen LogP contribution in [-0.4, -0.2) is 34.9 Å². The van der Waals surface area contributed by atoms with Crippen LogP contribution < -0.4 is 5.32 Å². The second-order valence-electron chi connectivity index (χ2n) is 6.55. The van der Waals surface area contributed by atoms with Gasteiger partial charge < -0.3 is 10.2 Å². The van der Waals surface area contributed by atoms with Gasteiger partial charge >= 0.3 is 0 Å². The van der Waals surface area contributed by atoms with Gasteiger partial charge in [-0.1, -0.05) is 13.8 Å². The standard InChI is InChI=1S/C18H21BrFN3O/c1-11(2)18(24)23-7-5-13(6-8-23)21-17-4-3-12-9-14(19)15(20)10-16(12)22-17/h3-4,9-11,13H,5-8H2,1-2H3,(H,21,22). The van der Waals surface area contributed by atoms with Crippen molar-refractivity contribution in [3.05, 3.63) is 34.6 Å². The first-order chi connectivity index (χ1) is 11.4. The predicted octanol–water partition coefficient (Wildman–Crippen LogP) is 4.20. The molecule has 1 saturated heterocycles. The highest BCUT2D eigenvalue weighted by molar-refractivity contribution is 9.10. The van der Waals surface area contributed by atoms with Gasteiger partial charge in [-0.2, -0.15) is 0 Å². The normalized spacial score (nSPS) is 16.0. The van der Waals surface area contributed by atoms with E-state index in [1.807, 2.05) is 30.9 Å². The summed E-state index contributed by atoms with van der Waals surface area (Å²) in [5.74, 6) is 0.703. The van der Waals surface area contributed by atoms with Crippen LogP contribution >= 0.6 is 15.9 Å². The third kappa shape index (κ3) is 3.69. The average molecular weight is 394 g/mol. The molecule has 1 fully saturated rings. The number of pyridine rings is 1. The number of aromatic nitrogens is 1. The highest BCUT2D eigenvalue weighted by Crippen LogP contribution is 2.24. The zero-order valence-corrected chi connectivity index (χ0v) is 15.4. The van der Waals surface area contributed by atoms with Crippen LogP contribution in [0.4, 0.5) is 10.2 Å². The lowest BCUT2D eigenvalue weighted by atomic mass is 10.0. The van der Waals surface area contributed by atoms with Crippen molar-refractivity contribution in [2.45, 2.75) is 32.7 Å². The fourth-order valence-corrected chi connectivity index (χ4v) is 3.38. The lowest BCUT2D eigenvalue weighted by Gasteiger charge is -2.33. The number of hydrogen-bond donors (Lipinski definition) is 1. The molecule has 1 N–H and O–H groups in total. The van der Waals surface area contributed by atoms with Gasteiger partial charge in [-0.25, -0.2) is 9.37 Å². The van der Waals surface area contributed by atoms with Crippen molar-refractivity contribution in [3.63, 3.8) is 0 Å². The molecule has 0 radical (unpaired) electrons. The summed E-state index contributed by atoms with van der Waals surface area (Å²) in [4.78, 5) is 18.5. The summed E-state index contributed by atoms with van der Waals surface area (Å²) >= 11 is 3.19. The molecular formula is C18H21BrFN3O. The molecule has 1 aliphatic heterocycles. The fraction of sp³-hybridized carbons (Fsp3) is 0.444. The second-order valence-corrected chi connectivity index (χ2v) is 7.41. The molecule has 0 aliphatic carbocycles. The molecular weight excluding hydrogens is 373 g/mol. The molecule has 1 aromatic carbocycles. The molecule has 3 rings (SSSR count). The van der Waals surface area contributed by atoms with Gasteiger partial charge in [-0.05, 0) is 47.0 Å². The summed E-state index contributed by atoms with van der Waals surface area (Å²) in [7, 11) is 0. The smallest absolute Gasteiger partial charge is 0.225 e. The van der Waals surface area contributed by atoms with Gasteiger partial charge in [0.2, 0.25) is 5.91 Å². The number of nitrogens with one attached hydrogen (secondary N) is 1. The highest BCUT2D eigenvalue weighted by Gasteiger charge is 2.24. The van der Waals surface area contributed by atoms with Crippen molar-refractivity contribution in [2.75, 3.05) is 18.4 Å². The number of carbonyl (C=O) groups is 1. The number of carbonyl (C=O) groups excluding carboxylic acids is 1. The van der Waals surface area contributed by atoms with Crippen molar-refractivity contribution >= 4 is 38.6 Å². The van der Waals surface area contributed by atoms with E-state index in [4.69, 9.17) is 0 Å². The number of nitrogens with zero attached hydrogens (tertiary/aromatic N) is 2. The van der Waals surface area contributed by atoms with Crippen LogP contribution in [0.3, 0.4) is 0 Å². The number of amides is 1. The van der Waals surface area contributed by atoms with Gasteiger partial charge in [-0.15, -0.1) is 0 Å². The number of rotatable bonds is 3. The molecule has 2 heterocycles. The van der Waals surface area contributed by atoms with Crippen molar-refractivity contribution < 1.29 is 9.18 Å². The fourth-order valence-electron chi connectivity index (χ4n) is 3.02. The molecule has 0 bridgehead atoms. The van der Waals surface area contributed by atoms with Crippen molar-refractivity contribution in [2.24, 2.45) is 5.92 Å². The van der Waals surface area contributed by atoms with Crippen LogP contribution in [0.25, 0.3) is 10.9 Å². The third-order valence-corrected chi connectivity index (χ3v) is 4.99. The van der Waals surface area contributed by atoms with Crippen molar-refractivity contribution in [1.82, 2.24) is 9.88 Å². The maximum Gasteiger partial charge on any atom is 0.225 e. The number of fused-ring (bicyclic) bond motifs is 1. The highest BCUT2D eigenvalue weighted by atomic mass is 79.9. The molecule has 2 aromatic rings. The quantitative estimate of drug-likeness (QED) is 0.849. The van der Waals surface area contributed by atoms with Gasteiger partial charge in [0.25, 0.3) is 0 Å². The molecule has 128 valence electrons. The maximum atomic E-state index is 13.7. The van der Waals surface area contributed by atoms with Crippen molar-refractivity contribution in [1.29, 1.82) is 0 Å². The summed E-state index contributed by atoms with van der Waals surface area (Å²) in [6.07, 6.45) is 1.79. The Bertz CT molecular complexity index is 757. The van der Waals surface area contributed by atoms with E-state index in [1.165, 1.54) is 6.07 Å². The van der Waals surface area contributed by atoms with Crippen LogP contribution in [0.1, 0.15) is 26.7 Å². The molecule has 0 spiro atoms. The molecule has 0 saturated carbocycles. The molecule has 4 nitrogen and oxygen atoms in total. The van der Waals surface area contributed by atoms with E-state index in [2.05, 4.69) is 26.2 Å². The van der Waals surface area contributed by atoms with Crippen LogP contribution in [0, 0.1) is 11.7 Å². The van der Waals surface area contributed by atoms with Gasteiger partial charge in [-0.3, -0.25) is 4.79 Å². The zero-order chi connectivity index (χ0) is 17.3. The van der Waals surface area contributed by atoms with Gasteiger partial charge in [0.1, 0.15) is 11.6 Å². The molecule has 0 unspecified atom stereocenters. The Hall–Kier alpha value is -1.69. The van der Waals surface area contributed by atoms with Crippen LogP contribution in [0.2, 0.25) is 0 Å². The molecule has 1 aromatic heterocycles. The lowest BCUT2D eigenvalue weighted by molar-refractivity contribution is -0.135. The van der Waals surface area contributed by atoms with Crippen LogP contribution in [-0.2, 0) is 4.79 Å². The molecule has 1 amide bonds.